The molecular formula is C10H13N3O5. The highest BCUT2D eigenvalue weighted by Crippen LogP contribution is 2.06. The van der Waals surface area contributed by atoms with Gasteiger partial charge in [0.05, 0.1) is 13.0 Å². The molecule has 0 bridgehead atoms. The van der Waals surface area contributed by atoms with Crippen LogP contribution in [0.5, 0.6) is 0 Å². The number of carbonyl (C=O) groups is 3. The number of ether oxygens (including phenoxy) is 1. The van der Waals surface area contributed by atoms with Crippen LogP contribution < -0.4 is 5.32 Å². The summed E-state index contributed by atoms with van der Waals surface area (Å²) < 4.78 is 4.66. The average Bonchev–Trinajstić information content (AvgIpc) is 2.75. The number of hydrogen-bond acceptors (Lipinski definition) is 5. The molecule has 0 fully saturated rings. The molecule has 1 heterocycles. The molecule has 1 aromatic heterocycles. The van der Waals surface area contributed by atoms with Crippen LogP contribution in [-0.4, -0.2) is 39.8 Å². The molecule has 1 aromatic rings. The molecule has 98 valence electrons. The van der Waals surface area contributed by atoms with Gasteiger partial charge in [-0.15, -0.1) is 0 Å². The lowest BCUT2D eigenvalue weighted by Crippen LogP contribution is -2.14. The molecule has 0 radical (unpaired) electrons. The summed E-state index contributed by atoms with van der Waals surface area (Å²) in [6, 6.07) is 1.19. The van der Waals surface area contributed by atoms with Gasteiger partial charge in [0.2, 0.25) is 5.91 Å². The smallest absolute Gasteiger partial charge is 0.353 e. The van der Waals surface area contributed by atoms with E-state index >= 15 is 0 Å². The number of esters is 1. The van der Waals surface area contributed by atoms with E-state index in [1.807, 2.05) is 0 Å². The van der Waals surface area contributed by atoms with Crippen molar-refractivity contribution in [3.63, 3.8) is 0 Å². The summed E-state index contributed by atoms with van der Waals surface area (Å²) in [5.74, 6) is -1.97. The lowest BCUT2D eigenvalue weighted by Gasteiger charge is -2.01. The van der Waals surface area contributed by atoms with E-state index in [0.29, 0.717) is 0 Å². The van der Waals surface area contributed by atoms with Gasteiger partial charge in [0, 0.05) is 12.5 Å². The highest BCUT2D eigenvalue weighted by atomic mass is 16.5. The van der Waals surface area contributed by atoms with Gasteiger partial charge in [0.25, 0.3) is 0 Å². The summed E-state index contributed by atoms with van der Waals surface area (Å²) in [5, 5.41) is 16.8. The van der Waals surface area contributed by atoms with Gasteiger partial charge in [-0.05, 0) is 6.92 Å². The standard InChI is InChI=1S/C10H13N3O5/c1-2-18-9(15)4-3-8(14)11-7-5-6(10(16)17)12-13-7/h5H,2-4H2,1H3,(H,16,17)(H2,11,12,13,14). The fraction of sp³-hybridized carbons (Fsp3) is 0.400. The van der Waals surface area contributed by atoms with Gasteiger partial charge in [-0.1, -0.05) is 0 Å². The number of carboxylic acids is 1. The number of nitrogens with zero attached hydrogens (tertiary/aromatic N) is 1. The second kappa shape index (κ2) is 6.38. The van der Waals surface area contributed by atoms with Crippen LogP contribution in [0.3, 0.4) is 0 Å². The fourth-order valence-corrected chi connectivity index (χ4v) is 1.15. The maximum absolute atomic E-state index is 11.4. The van der Waals surface area contributed by atoms with E-state index < -0.39 is 17.8 Å². The van der Waals surface area contributed by atoms with E-state index in [2.05, 4.69) is 20.3 Å². The third kappa shape index (κ3) is 4.24. The van der Waals surface area contributed by atoms with Crippen molar-refractivity contribution in [1.82, 2.24) is 10.2 Å². The Balaban J connectivity index is 2.39. The first-order chi connectivity index (χ1) is 8.52. The van der Waals surface area contributed by atoms with E-state index in [1.165, 1.54) is 6.07 Å². The maximum Gasteiger partial charge on any atom is 0.353 e. The highest BCUT2D eigenvalue weighted by Gasteiger charge is 2.11. The SMILES string of the molecule is CCOC(=O)CCC(=O)Nc1cc(C(=O)O)[nH]n1. The minimum Gasteiger partial charge on any atom is -0.477 e. The lowest BCUT2D eigenvalue weighted by molar-refractivity contribution is -0.144. The number of carboxylic acid groups (broad SMARTS) is 1. The van der Waals surface area contributed by atoms with Crippen LogP contribution in [0.1, 0.15) is 30.3 Å². The monoisotopic (exact) mass is 255 g/mol. The first-order valence-electron chi connectivity index (χ1n) is 5.27. The number of anilines is 1. The zero-order chi connectivity index (χ0) is 13.5. The van der Waals surface area contributed by atoms with Gasteiger partial charge in [-0.25, -0.2) is 4.79 Å². The zero-order valence-corrected chi connectivity index (χ0v) is 9.73. The highest BCUT2D eigenvalue weighted by molar-refractivity contribution is 5.93. The largest absolute Gasteiger partial charge is 0.477 e. The summed E-state index contributed by atoms with van der Waals surface area (Å²) in [6.07, 6.45) is -0.0794. The van der Waals surface area contributed by atoms with Crippen molar-refractivity contribution >= 4 is 23.7 Å². The van der Waals surface area contributed by atoms with Crippen molar-refractivity contribution in [2.75, 3.05) is 11.9 Å². The predicted molar refractivity (Wildman–Crippen MR) is 60.0 cm³/mol. The Bertz CT molecular complexity index is 454. The number of carbonyl (C=O) groups excluding carboxylic acids is 2. The Morgan fingerprint density at radius 2 is 2.17 bits per heavy atom. The van der Waals surface area contributed by atoms with Gasteiger partial charge in [-0.2, -0.15) is 5.10 Å². The topological polar surface area (TPSA) is 121 Å². The fourth-order valence-electron chi connectivity index (χ4n) is 1.15. The number of aromatic carboxylic acids is 1. The van der Waals surface area contributed by atoms with Gasteiger partial charge >= 0.3 is 11.9 Å². The number of H-pyrrole nitrogens is 1. The van der Waals surface area contributed by atoms with Crippen LogP contribution in [0.15, 0.2) is 6.07 Å². The van der Waals surface area contributed by atoms with Crippen LogP contribution in [-0.2, 0) is 14.3 Å². The van der Waals surface area contributed by atoms with Crippen molar-refractivity contribution in [2.24, 2.45) is 0 Å². The number of aromatic amines is 1. The molecule has 0 saturated heterocycles. The molecule has 1 amide bonds. The number of nitrogens with one attached hydrogen (secondary N) is 2. The Hall–Kier alpha value is -2.38. The first kappa shape index (κ1) is 13.7. The summed E-state index contributed by atoms with van der Waals surface area (Å²) in [7, 11) is 0. The second-order valence-corrected chi connectivity index (χ2v) is 3.33. The summed E-state index contributed by atoms with van der Waals surface area (Å²) >= 11 is 0. The normalized spacial score (nSPS) is 9.83. The molecule has 8 heteroatoms. The van der Waals surface area contributed by atoms with Crippen molar-refractivity contribution in [3.05, 3.63) is 11.8 Å². The molecule has 3 N–H and O–H groups in total. The molecule has 0 saturated carbocycles. The number of hydrogen-bond donors (Lipinski definition) is 3. The number of rotatable bonds is 6. The molecule has 18 heavy (non-hydrogen) atoms. The van der Waals surface area contributed by atoms with Crippen molar-refractivity contribution in [3.8, 4) is 0 Å². The first-order valence-corrected chi connectivity index (χ1v) is 5.27. The molecule has 0 atom stereocenters. The Labute approximate surface area is 102 Å². The third-order valence-electron chi connectivity index (χ3n) is 1.94. The van der Waals surface area contributed by atoms with Crippen LogP contribution in [0, 0.1) is 0 Å². The van der Waals surface area contributed by atoms with E-state index in [1.54, 1.807) is 6.92 Å². The van der Waals surface area contributed by atoms with Gasteiger partial charge in [0.1, 0.15) is 5.69 Å². The van der Waals surface area contributed by atoms with E-state index in [0.717, 1.165) is 0 Å². The van der Waals surface area contributed by atoms with Crippen molar-refractivity contribution in [2.45, 2.75) is 19.8 Å². The number of aromatic nitrogens is 2. The van der Waals surface area contributed by atoms with Gasteiger partial charge < -0.3 is 15.2 Å². The van der Waals surface area contributed by atoms with Crippen molar-refractivity contribution in [1.29, 1.82) is 0 Å². The van der Waals surface area contributed by atoms with E-state index in [-0.39, 0.29) is 31.0 Å². The minimum atomic E-state index is -1.17. The van der Waals surface area contributed by atoms with E-state index in [9.17, 15) is 14.4 Å². The molecule has 0 aromatic carbocycles. The molecule has 8 nitrogen and oxygen atoms in total. The quantitative estimate of drug-likeness (QED) is 0.632. The number of amides is 1. The maximum atomic E-state index is 11.4. The second-order valence-electron chi connectivity index (χ2n) is 3.33. The van der Waals surface area contributed by atoms with Gasteiger partial charge in [-0.3, -0.25) is 14.7 Å². The average molecular weight is 255 g/mol. The molecule has 1 rings (SSSR count). The Morgan fingerprint density at radius 1 is 1.44 bits per heavy atom. The minimum absolute atomic E-state index is 0.0319. The third-order valence-corrected chi connectivity index (χ3v) is 1.94. The predicted octanol–water partition coefficient (Wildman–Crippen LogP) is 0.390. The van der Waals surface area contributed by atoms with Crippen molar-refractivity contribution < 1.29 is 24.2 Å². The van der Waals surface area contributed by atoms with E-state index in [4.69, 9.17) is 5.11 Å². The Kier molecular flexibility index (Phi) is 4.85. The summed E-state index contributed by atoms with van der Waals surface area (Å²) in [4.78, 5) is 32.9. The lowest BCUT2D eigenvalue weighted by atomic mass is 10.3. The van der Waals surface area contributed by atoms with Crippen LogP contribution in [0.25, 0.3) is 0 Å². The van der Waals surface area contributed by atoms with Crippen LogP contribution in [0.2, 0.25) is 0 Å². The molecule has 0 unspecified atom stereocenters. The van der Waals surface area contributed by atoms with Crippen LogP contribution >= 0.6 is 0 Å². The Morgan fingerprint density at radius 3 is 2.72 bits per heavy atom. The summed E-state index contributed by atoms with van der Waals surface area (Å²) in [6.45, 7) is 1.94. The zero-order valence-electron chi connectivity index (χ0n) is 9.73. The van der Waals surface area contributed by atoms with Crippen LogP contribution in [0.4, 0.5) is 5.82 Å². The molecule has 0 aliphatic carbocycles. The molecule has 0 aliphatic heterocycles. The summed E-state index contributed by atoms with van der Waals surface area (Å²) in [5.41, 5.74) is -0.129. The molecule has 0 spiro atoms. The molecule has 0 aliphatic rings. The molecular weight excluding hydrogens is 242 g/mol. The van der Waals surface area contributed by atoms with Gasteiger partial charge in [0.15, 0.2) is 5.82 Å².